The predicted molar refractivity (Wildman–Crippen MR) is 69.8 cm³/mol. The SMILES string of the molecule is CC(Cl)c1nc2cccnc2n1CCc1ncno1. The first-order valence-corrected chi connectivity index (χ1v) is 6.40. The van der Waals surface area contributed by atoms with Gasteiger partial charge in [-0.25, -0.2) is 9.97 Å². The van der Waals surface area contributed by atoms with Crippen LogP contribution in [0.4, 0.5) is 0 Å². The van der Waals surface area contributed by atoms with Crippen molar-refractivity contribution in [1.29, 1.82) is 0 Å². The van der Waals surface area contributed by atoms with E-state index in [1.165, 1.54) is 6.33 Å². The molecule has 0 fully saturated rings. The summed E-state index contributed by atoms with van der Waals surface area (Å²) in [5, 5.41) is 3.41. The maximum Gasteiger partial charge on any atom is 0.228 e. The number of aromatic nitrogens is 5. The molecule has 98 valence electrons. The summed E-state index contributed by atoms with van der Waals surface area (Å²) in [5.41, 5.74) is 1.67. The fraction of sp³-hybridized carbons (Fsp3) is 0.333. The summed E-state index contributed by atoms with van der Waals surface area (Å²) < 4.78 is 6.99. The molecule has 0 aromatic carbocycles. The molecule has 3 aromatic rings. The van der Waals surface area contributed by atoms with Crippen LogP contribution in [-0.2, 0) is 13.0 Å². The maximum absolute atomic E-state index is 6.18. The van der Waals surface area contributed by atoms with Crippen LogP contribution in [0.1, 0.15) is 24.0 Å². The second-order valence-corrected chi connectivity index (χ2v) is 4.82. The van der Waals surface area contributed by atoms with Gasteiger partial charge < -0.3 is 9.09 Å². The van der Waals surface area contributed by atoms with Gasteiger partial charge >= 0.3 is 0 Å². The first-order valence-electron chi connectivity index (χ1n) is 5.96. The third kappa shape index (κ3) is 2.31. The lowest BCUT2D eigenvalue weighted by Crippen LogP contribution is -2.07. The van der Waals surface area contributed by atoms with E-state index < -0.39 is 0 Å². The lowest BCUT2D eigenvalue weighted by Gasteiger charge is -2.08. The summed E-state index contributed by atoms with van der Waals surface area (Å²) in [6.07, 6.45) is 3.76. The molecule has 0 bridgehead atoms. The topological polar surface area (TPSA) is 69.6 Å². The predicted octanol–water partition coefficient (Wildman–Crippen LogP) is 2.36. The highest BCUT2D eigenvalue weighted by Gasteiger charge is 2.16. The van der Waals surface area contributed by atoms with E-state index in [2.05, 4.69) is 20.1 Å². The molecule has 1 unspecified atom stereocenters. The van der Waals surface area contributed by atoms with Crippen molar-refractivity contribution in [2.24, 2.45) is 0 Å². The second kappa shape index (κ2) is 4.97. The third-order valence-corrected chi connectivity index (χ3v) is 3.04. The molecule has 3 aromatic heterocycles. The van der Waals surface area contributed by atoms with Crippen molar-refractivity contribution >= 4 is 22.8 Å². The van der Waals surface area contributed by atoms with Crippen LogP contribution in [0.2, 0.25) is 0 Å². The summed E-state index contributed by atoms with van der Waals surface area (Å²) in [6.45, 7) is 2.55. The molecule has 6 nitrogen and oxygen atoms in total. The van der Waals surface area contributed by atoms with Crippen molar-refractivity contribution < 1.29 is 4.52 Å². The lowest BCUT2D eigenvalue weighted by molar-refractivity contribution is 0.370. The van der Waals surface area contributed by atoms with Gasteiger partial charge in [-0.15, -0.1) is 11.6 Å². The van der Waals surface area contributed by atoms with Crippen LogP contribution in [0, 0.1) is 0 Å². The van der Waals surface area contributed by atoms with Gasteiger partial charge in [-0.1, -0.05) is 5.16 Å². The molecule has 0 saturated heterocycles. The number of halogens is 1. The number of hydrogen-bond acceptors (Lipinski definition) is 5. The zero-order valence-corrected chi connectivity index (χ0v) is 11.1. The van der Waals surface area contributed by atoms with Crippen LogP contribution < -0.4 is 0 Å². The molecule has 7 heteroatoms. The van der Waals surface area contributed by atoms with Gasteiger partial charge in [-0.05, 0) is 19.1 Å². The summed E-state index contributed by atoms with van der Waals surface area (Å²) in [4.78, 5) is 12.9. The molecule has 0 saturated carbocycles. The molecule has 0 radical (unpaired) electrons. The van der Waals surface area contributed by atoms with Gasteiger partial charge in [-0.2, -0.15) is 4.98 Å². The highest BCUT2D eigenvalue weighted by Crippen LogP contribution is 2.23. The minimum absolute atomic E-state index is 0.183. The Labute approximate surface area is 114 Å². The Morgan fingerprint density at radius 1 is 1.42 bits per heavy atom. The van der Waals surface area contributed by atoms with Gasteiger partial charge in [0.25, 0.3) is 0 Å². The van der Waals surface area contributed by atoms with E-state index in [-0.39, 0.29) is 5.38 Å². The van der Waals surface area contributed by atoms with E-state index in [4.69, 9.17) is 16.1 Å². The molecule has 0 spiro atoms. The number of imidazole rings is 1. The zero-order chi connectivity index (χ0) is 13.2. The average Bonchev–Trinajstić information content (AvgIpc) is 3.03. The molecule has 0 aliphatic carbocycles. The number of alkyl halides is 1. The molecule has 3 heterocycles. The maximum atomic E-state index is 6.18. The second-order valence-electron chi connectivity index (χ2n) is 4.17. The zero-order valence-electron chi connectivity index (χ0n) is 10.3. The fourth-order valence-electron chi connectivity index (χ4n) is 2.01. The van der Waals surface area contributed by atoms with Crippen molar-refractivity contribution in [1.82, 2.24) is 24.7 Å². The van der Waals surface area contributed by atoms with Gasteiger partial charge in [0.1, 0.15) is 11.3 Å². The molecular weight excluding hydrogens is 266 g/mol. The standard InChI is InChI=1S/C12H12ClN5O/c1-8(13)11-17-9-3-2-5-14-12(9)18(11)6-4-10-15-7-16-19-10/h2-3,5,7-8H,4,6H2,1H3. The van der Waals surface area contributed by atoms with Crippen molar-refractivity contribution in [3.63, 3.8) is 0 Å². The summed E-state index contributed by atoms with van der Waals surface area (Å²) in [7, 11) is 0. The van der Waals surface area contributed by atoms with E-state index in [0.717, 1.165) is 17.0 Å². The van der Waals surface area contributed by atoms with Crippen LogP contribution in [0.5, 0.6) is 0 Å². The number of nitrogens with zero attached hydrogens (tertiary/aromatic N) is 5. The highest BCUT2D eigenvalue weighted by atomic mass is 35.5. The summed E-state index contributed by atoms with van der Waals surface area (Å²) in [6, 6.07) is 3.79. The number of rotatable bonds is 4. The largest absolute Gasteiger partial charge is 0.340 e. The number of hydrogen-bond donors (Lipinski definition) is 0. The average molecular weight is 278 g/mol. The minimum atomic E-state index is -0.183. The smallest absolute Gasteiger partial charge is 0.228 e. The quantitative estimate of drug-likeness (QED) is 0.685. The Hall–Kier alpha value is -1.95. The normalized spacial score (nSPS) is 12.9. The van der Waals surface area contributed by atoms with E-state index in [1.807, 2.05) is 23.6 Å². The van der Waals surface area contributed by atoms with Crippen LogP contribution in [-0.4, -0.2) is 24.7 Å². The first-order chi connectivity index (χ1) is 9.25. The van der Waals surface area contributed by atoms with Crippen molar-refractivity contribution in [3.05, 3.63) is 36.4 Å². The number of aryl methyl sites for hydroxylation is 2. The van der Waals surface area contributed by atoms with Gasteiger partial charge in [0.15, 0.2) is 12.0 Å². The Morgan fingerprint density at radius 3 is 3.05 bits per heavy atom. The minimum Gasteiger partial charge on any atom is -0.340 e. The van der Waals surface area contributed by atoms with Crippen molar-refractivity contribution in [2.45, 2.75) is 25.3 Å². The molecule has 19 heavy (non-hydrogen) atoms. The summed E-state index contributed by atoms with van der Waals surface area (Å²) >= 11 is 6.18. The molecule has 0 amide bonds. The van der Waals surface area contributed by atoms with Crippen molar-refractivity contribution in [2.75, 3.05) is 0 Å². The Balaban J connectivity index is 1.97. The van der Waals surface area contributed by atoms with Gasteiger partial charge in [0.2, 0.25) is 5.89 Å². The molecule has 0 aliphatic rings. The van der Waals surface area contributed by atoms with Crippen LogP contribution >= 0.6 is 11.6 Å². The highest BCUT2D eigenvalue weighted by molar-refractivity contribution is 6.20. The Kier molecular flexibility index (Phi) is 3.16. The number of fused-ring (bicyclic) bond motifs is 1. The van der Waals surface area contributed by atoms with Crippen LogP contribution in [0.25, 0.3) is 11.2 Å². The molecule has 1 atom stereocenters. The van der Waals surface area contributed by atoms with E-state index in [0.29, 0.717) is 18.9 Å². The Bertz CT molecular complexity index is 677. The molecule has 0 N–H and O–H groups in total. The molecule has 0 aliphatic heterocycles. The van der Waals surface area contributed by atoms with Gasteiger partial charge in [0.05, 0.1) is 5.38 Å². The number of pyridine rings is 1. The lowest BCUT2D eigenvalue weighted by atomic mass is 10.3. The van der Waals surface area contributed by atoms with E-state index >= 15 is 0 Å². The molecule has 3 rings (SSSR count). The van der Waals surface area contributed by atoms with E-state index in [9.17, 15) is 0 Å². The summed E-state index contributed by atoms with van der Waals surface area (Å²) in [5.74, 6) is 1.39. The molecular formula is C12H12ClN5O. The fourth-order valence-corrected chi connectivity index (χ4v) is 2.18. The monoisotopic (exact) mass is 277 g/mol. The van der Waals surface area contributed by atoms with E-state index in [1.54, 1.807) is 6.20 Å². The third-order valence-electron chi connectivity index (χ3n) is 2.85. The van der Waals surface area contributed by atoms with Gasteiger partial charge in [0, 0.05) is 19.2 Å². The first kappa shape index (κ1) is 12.1. The Morgan fingerprint density at radius 2 is 2.32 bits per heavy atom. The van der Waals surface area contributed by atoms with Gasteiger partial charge in [-0.3, -0.25) is 0 Å². The van der Waals surface area contributed by atoms with Crippen molar-refractivity contribution in [3.8, 4) is 0 Å². The van der Waals surface area contributed by atoms with Crippen LogP contribution in [0.3, 0.4) is 0 Å². The van der Waals surface area contributed by atoms with Crippen LogP contribution in [0.15, 0.2) is 29.2 Å².